The lowest BCUT2D eigenvalue weighted by atomic mass is 9.92. The number of nitrogens with two attached hydrogens (primary N) is 1. The number of pyridine rings is 1. The zero-order chi connectivity index (χ0) is 12.3. The van der Waals surface area contributed by atoms with E-state index in [1.807, 2.05) is 31.3 Å². The van der Waals surface area contributed by atoms with Gasteiger partial charge >= 0.3 is 0 Å². The Labute approximate surface area is 103 Å². The molecule has 0 radical (unpaired) electrons. The molecule has 2 rings (SSSR count). The molecule has 3 N–H and O–H groups in total. The molecule has 0 atom stereocenters. The molecule has 0 saturated heterocycles. The van der Waals surface area contributed by atoms with E-state index >= 15 is 0 Å². The average molecular weight is 234 g/mol. The maximum atomic E-state index is 5.90. The van der Waals surface area contributed by atoms with Crippen molar-refractivity contribution in [2.75, 3.05) is 24.3 Å². The van der Waals surface area contributed by atoms with Crippen LogP contribution in [0.2, 0.25) is 0 Å². The van der Waals surface area contributed by atoms with Crippen molar-refractivity contribution in [3.63, 3.8) is 0 Å². The Morgan fingerprint density at radius 3 is 2.47 bits per heavy atom. The van der Waals surface area contributed by atoms with Crippen LogP contribution in [0.5, 0.6) is 0 Å². The standard InChI is InChI=1S/C13H22N4/c1-17(2)13-8-7-12(9-15-13)16-11-5-3-10(14)4-6-11/h7-11,16H,3-6,14H2,1-2H3. The number of hydrogen-bond acceptors (Lipinski definition) is 4. The molecule has 1 aliphatic rings. The van der Waals surface area contributed by atoms with E-state index in [1.165, 1.54) is 0 Å². The average Bonchev–Trinajstić information content (AvgIpc) is 2.33. The van der Waals surface area contributed by atoms with Crippen molar-refractivity contribution in [3.8, 4) is 0 Å². The molecule has 0 unspecified atom stereocenters. The predicted octanol–water partition coefficient (Wildman–Crippen LogP) is 1.83. The van der Waals surface area contributed by atoms with Crippen LogP contribution in [0, 0.1) is 0 Å². The Morgan fingerprint density at radius 1 is 1.24 bits per heavy atom. The van der Waals surface area contributed by atoms with Crippen LogP contribution in [0.3, 0.4) is 0 Å². The summed E-state index contributed by atoms with van der Waals surface area (Å²) in [7, 11) is 4.00. The summed E-state index contributed by atoms with van der Waals surface area (Å²) in [6.07, 6.45) is 6.48. The lowest BCUT2D eigenvalue weighted by Crippen LogP contribution is -2.32. The summed E-state index contributed by atoms with van der Waals surface area (Å²) in [6, 6.07) is 5.09. The first-order valence-corrected chi connectivity index (χ1v) is 6.30. The zero-order valence-corrected chi connectivity index (χ0v) is 10.7. The van der Waals surface area contributed by atoms with Gasteiger partial charge in [0.25, 0.3) is 0 Å². The van der Waals surface area contributed by atoms with Crippen LogP contribution in [0.4, 0.5) is 11.5 Å². The first-order chi connectivity index (χ1) is 8.15. The van der Waals surface area contributed by atoms with Crippen molar-refractivity contribution in [2.24, 2.45) is 5.73 Å². The Hall–Kier alpha value is -1.29. The van der Waals surface area contributed by atoms with Gasteiger partial charge in [0.05, 0.1) is 11.9 Å². The summed E-state index contributed by atoms with van der Waals surface area (Å²) in [6.45, 7) is 0. The van der Waals surface area contributed by atoms with Gasteiger partial charge in [-0.15, -0.1) is 0 Å². The van der Waals surface area contributed by atoms with Gasteiger partial charge in [-0.3, -0.25) is 0 Å². The van der Waals surface area contributed by atoms with Crippen LogP contribution >= 0.6 is 0 Å². The minimum absolute atomic E-state index is 0.405. The third-order valence-corrected chi connectivity index (χ3v) is 3.35. The Morgan fingerprint density at radius 2 is 1.94 bits per heavy atom. The molecule has 0 aromatic carbocycles. The maximum absolute atomic E-state index is 5.90. The van der Waals surface area contributed by atoms with Crippen LogP contribution in [-0.2, 0) is 0 Å². The quantitative estimate of drug-likeness (QED) is 0.838. The van der Waals surface area contributed by atoms with E-state index in [-0.39, 0.29) is 0 Å². The van der Waals surface area contributed by atoms with Crippen molar-refractivity contribution in [2.45, 2.75) is 37.8 Å². The van der Waals surface area contributed by atoms with Gasteiger partial charge in [-0.2, -0.15) is 0 Å². The Kier molecular flexibility index (Phi) is 3.84. The molecule has 1 aromatic rings. The van der Waals surface area contributed by atoms with Gasteiger partial charge in [0.1, 0.15) is 5.82 Å². The minimum atomic E-state index is 0.405. The maximum Gasteiger partial charge on any atom is 0.128 e. The molecular weight excluding hydrogens is 212 g/mol. The summed E-state index contributed by atoms with van der Waals surface area (Å²) in [5, 5.41) is 3.53. The van der Waals surface area contributed by atoms with Crippen molar-refractivity contribution >= 4 is 11.5 Å². The number of hydrogen-bond donors (Lipinski definition) is 2. The van der Waals surface area contributed by atoms with Gasteiger partial charge in [0.15, 0.2) is 0 Å². The van der Waals surface area contributed by atoms with Gasteiger partial charge in [-0.05, 0) is 37.8 Å². The van der Waals surface area contributed by atoms with Gasteiger partial charge in [-0.25, -0.2) is 4.98 Å². The molecule has 0 bridgehead atoms. The summed E-state index contributed by atoms with van der Waals surface area (Å²) in [4.78, 5) is 6.40. The molecule has 1 aliphatic carbocycles. The van der Waals surface area contributed by atoms with E-state index in [0.717, 1.165) is 37.2 Å². The van der Waals surface area contributed by atoms with Crippen molar-refractivity contribution in [3.05, 3.63) is 18.3 Å². The SMILES string of the molecule is CN(C)c1ccc(NC2CCC(N)CC2)cn1. The van der Waals surface area contributed by atoms with E-state index in [0.29, 0.717) is 12.1 Å². The highest BCUT2D eigenvalue weighted by Gasteiger charge is 2.18. The third kappa shape index (κ3) is 3.33. The fraction of sp³-hybridized carbons (Fsp3) is 0.615. The first kappa shape index (κ1) is 12.2. The van der Waals surface area contributed by atoms with Crippen molar-refractivity contribution < 1.29 is 0 Å². The van der Waals surface area contributed by atoms with E-state index in [1.54, 1.807) is 0 Å². The highest BCUT2D eigenvalue weighted by molar-refractivity contribution is 5.48. The third-order valence-electron chi connectivity index (χ3n) is 3.35. The molecule has 1 aromatic heterocycles. The minimum Gasteiger partial charge on any atom is -0.381 e. The van der Waals surface area contributed by atoms with Gasteiger partial charge in [-0.1, -0.05) is 0 Å². The fourth-order valence-corrected chi connectivity index (χ4v) is 2.24. The van der Waals surface area contributed by atoms with Crippen LogP contribution in [-0.4, -0.2) is 31.2 Å². The largest absolute Gasteiger partial charge is 0.381 e. The Balaban J connectivity index is 1.90. The van der Waals surface area contributed by atoms with Crippen LogP contribution in [0.25, 0.3) is 0 Å². The number of nitrogens with one attached hydrogen (secondary N) is 1. The van der Waals surface area contributed by atoms with E-state index < -0.39 is 0 Å². The van der Waals surface area contributed by atoms with Gasteiger partial charge < -0.3 is 16.0 Å². The van der Waals surface area contributed by atoms with Crippen molar-refractivity contribution in [1.82, 2.24) is 4.98 Å². The molecule has 1 heterocycles. The number of nitrogens with zero attached hydrogens (tertiary/aromatic N) is 2. The smallest absolute Gasteiger partial charge is 0.128 e. The number of aromatic nitrogens is 1. The Bertz CT molecular complexity index is 339. The van der Waals surface area contributed by atoms with Crippen LogP contribution < -0.4 is 16.0 Å². The first-order valence-electron chi connectivity index (χ1n) is 6.30. The molecule has 4 heteroatoms. The fourth-order valence-electron chi connectivity index (χ4n) is 2.24. The highest BCUT2D eigenvalue weighted by atomic mass is 15.1. The molecule has 0 aliphatic heterocycles. The summed E-state index contributed by atoms with van der Waals surface area (Å²) in [5.41, 5.74) is 7.01. The molecule has 4 nitrogen and oxygen atoms in total. The lowest BCUT2D eigenvalue weighted by Gasteiger charge is -2.27. The molecule has 94 valence electrons. The molecular formula is C13H22N4. The summed E-state index contributed by atoms with van der Waals surface area (Å²) >= 11 is 0. The second-order valence-corrected chi connectivity index (χ2v) is 5.06. The number of rotatable bonds is 3. The van der Waals surface area contributed by atoms with Gasteiger partial charge in [0, 0.05) is 26.2 Å². The molecule has 1 fully saturated rings. The molecule has 0 amide bonds. The molecule has 17 heavy (non-hydrogen) atoms. The second kappa shape index (κ2) is 5.36. The summed E-state index contributed by atoms with van der Waals surface area (Å²) in [5.74, 6) is 0.987. The van der Waals surface area contributed by atoms with E-state index in [9.17, 15) is 0 Å². The number of anilines is 2. The molecule has 1 saturated carbocycles. The predicted molar refractivity (Wildman–Crippen MR) is 72.4 cm³/mol. The monoisotopic (exact) mass is 234 g/mol. The van der Waals surface area contributed by atoms with Crippen LogP contribution in [0.1, 0.15) is 25.7 Å². The van der Waals surface area contributed by atoms with E-state index in [2.05, 4.69) is 16.4 Å². The molecule has 0 spiro atoms. The lowest BCUT2D eigenvalue weighted by molar-refractivity contribution is 0.411. The van der Waals surface area contributed by atoms with E-state index in [4.69, 9.17) is 5.73 Å². The van der Waals surface area contributed by atoms with Crippen LogP contribution in [0.15, 0.2) is 18.3 Å². The second-order valence-electron chi connectivity index (χ2n) is 5.06. The van der Waals surface area contributed by atoms with Crippen molar-refractivity contribution in [1.29, 1.82) is 0 Å². The normalized spacial score (nSPS) is 24.4. The highest BCUT2D eigenvalue weighted by Crippen LogP contribution is 2.21. The summed E-state index contributed by atoms with van der Waals surface area (Å²) < 4.78 is 0. The van der Waals surface area contributed by atoms with Gasteiger partial charge in [0.2, 0.25) is 0 Å². The topological polar surface area (TPSA) is 54.2 Å². The zero-order valence-electron chi connectivity index (χ0n) is 10.7.